The zero-order chi connectivity index (χ0) is 13.0. The quantitative estimate of drug-likeness (QED) is 0.878. The van der Waals surface area contributed by atoms with Crippen LogP contribution in [0.1, 0.15) is 24.1 Å². The highest BCUT2D eigenvalue weighted by Gasteiger charge is 2.17. The van der Waals surface area contributed by atoms with Crippen molar-refractivity contribution in [2.45, 2.75) is 19.5 Å². The van der Waals surface area contributed by atoms with Gasteiger partial charge in [-0.3, -0.25) is 4.68 Å². The molecule has 0 amide bonds. The van der Waals surface area contributed by atoms with E-state index in [0.717, 1.165) is 23.4 Å². The summed E-state index contributed by atoms with van der Waals surface area (Å²) in [6.07, 6.45) is 3.96. The number of ether oxygens (including phenoxy) is 1. The predicted octanol–water partition coefficient (Wildman–Crippen LogP) is 2.22. The SMILES string of the molecule is CCn1cc(C(NC)c2ccccc2OC)cn1. The van der Waals surface area contributed by atoms with Crippen LogP contribution in [0.4, 0.5) is 0 Å². The van der Waals surface area contributed by atoms with Crippen molar-refractivity contribution in [3.63, 3.8) is 0 Å². The van der Waals surface area contributed by atoms with Gasteiger partial charge in [0.05, 0.1) is 19.3 Å². The molecule has 0 aliphatic heterocycles. The van der Waals surface area contributed by atoms with Gasteiger partial charge in [-0.2, -0.15) is 5.10 Å². The molecule has 18 heavy (non-hydrogen) atoms. The van der Waals surface area contributed by atoms with Gasteiger partial charge in [-0.05, 0) is 20.0 Å². The van der Waals surface area contributed by atoms with Crippen LogP contribution in [0.5, 0.6) is 5.75 Å². The van der Waals surface area contributed by atoms with Gasteiger partial charge in [0.25, 0.3) is 0 Å². The highest BCUT2D eigenvalue weighted by Crippen LogP contribution is 2.29. The average molecular weight is 245 g/mol. The molecule has 1 aromatic heterocycles. The van der Waals surface area contributed by atoms with Gasteiger partial charge in [-0.1, -0.05) is 18.2 Å². The number of aryl methyl sites for hydroxylation is 1. The molecular formula is C14H19N3O. The van der Waals surface area contributed by atoms with Gasteiger partial charge in [-0.25, -0.2) is 0 Å². The molecule has 4 heteroatoms. The number of methoxy groups -OCH3 is 1. The van der Waals surface area contributed by atoms with Crippen molar-refractivity contribution in [3.05, 3.63) is 47.8 Å². The Morgan fingerprint density at radius 1 is 1.39 bits per heavy atom. The summed E-state index contributed by atoms with van der Waals surface area (Å²) >= 11 is 0. The summed E-state index contributed by atoms with van der Waals surface area (Å²) in [4.78, 5) is 0. The lowest BCUT2D eigenvalue weighted by molar-refractivity contribution is 0.405. The standard InChI is InChI=1S/C14H19N3O/c1-4-17-10-11(9-16-17)14(15-2)12-7-5-6-8-13(12)18-3/h5-10,14-15H,4H2,1-3H3. The second-order valence-electron chi connectivity index (χ2n) is 4.09. The molecule has 4 nitrogen and oxygen atoms in total. The van der Waals surface area contributed by atoms with E-state index in [-0.39, 0.29) is 6.04 Å². The number of rotatable bonds is 5. The van der Waals surface area contributed by atoms with Crippen LogP contribution in [0.25, 0.3) is 0 Å². The van der Waals surface area contributed by atoms with E-state index in [1.54, 1.807) is 7.11 Å². The van der Waals surface area contributed by atoms with Gasteiger partial charge in [0, 0.05) is 23.9 Å². The van der Waals surface area contributed by atoms with Gasteiger partial charge >= 0.3 is 0 Å². The number of benzene rings is 1. The molecule has 1 unspecified atom stereocenters. The molecule has 1 N–H and O–H groups in total. The lowest BCUT2D eigenvalue weighted by Crippen LogP contribution is -2.18. The van der Waals surface area contributed by atoms with Gasteiger partial charge in [0.15, 0.2) is 0 Å². The van der Waals surface area contributed by atoms with E-state index in [2.05, 4.69) is 29.6 Å². The average Bonchev–Trinajstić information content (AvgIpc) is 2.89. The first-order chi connectivity index (χ1) is 8.80. The minimum Gasteiger partial charge on any atom is -0.496 e. The van der Waals surface area contributed by atoms with E-state index in [4.69, 9.17) is 4.74 Å². The molecule has 1 heterocycles. The Hall–Kier alpha value is -1.81. The summed E-state index contributed by atoms with van der Waals surface area (Å²) in [5.41, 5.74) is 2.27. The first-order valence-corrected chi connectivity index (χ1v) is 6.12. The molecule has 2 rings (SSSR count). The normalized spacial score (nSPS) is 12.4. The topological polar surface area (TPSA) is 39.1 Å². The Labute approximate surface area is 108 Å². The maximum absolute atomic E-state index is 5.42. The number of aromatic nitrogens is 2. The van der Waals surface area contributed by atoms with Crippen LogP contribution in [0, 0.1) is 0 Å². The molecular weight excluding hydrogens is 226 g/mol. The Morgan fingerprint density at radius 2 is 2.17 bits per heavy atom. The molecule has 1 aromatic carbocycles. The molecule has 0 saturated heterocycles. The Morgan fingerprint density at radius 3 is 2.78 bits per heavy atom. The summed E-state index contributed by atoms with van der Waals surface area (Å²) in [5.74, 6) is 0.890. The smallest absolute Gasteiger partial charge is 0.123 e. The van der Waals surface area contributed by atoms with Gasteiger partial charge in [0.1, 0.15) is 5.75 Å². The molecule has 0 aliphatic carbocycles. The molecule has 0 bridgehead atoms. The molecule has 1 atom stereocenters. The Kier molecular flexibility index (Phi) is 3.99. The fourth-order valence-electron chi connectivity index (χ4n) is 2.11. The fourth-order valence-corrected chi connectivity index (χ4v) is 2.11. The van der Waals surface area contributed by atoms with Crippen molar-refractivity contribution in [2.24, 2.45) is 0 Å². The predicted molar refractivity (Wildman–Crippen MR) is 71.8 cm³/mol. The van der Waals surface area contributed by atoms with Crippen LogP contribution in [0.15, 0.2) is 36.7 Å². The van der Waals surface area contributed by atoms with Crippen molar-refractivity contribution in [1.82, 2.24) is 15.1 Å². The minimum absolute atomic E-state index is 0.0986. The second kappa shape index (κ2) is 5.69. The van der Waals surface area contributed by atoms with Crippen LogP contribution in [-0.2, 0) is 6.54 Å². The summed E-state index contributed by atoms with van der Waals surface area (Å²) in [5, 5.41) is 7.63. The first-order valence-electron chi connectivity index (χ1n) is 6.12. The first kappa shape index (κ1) is 12.6. The van der Waals surface area contributed by atoms with Crippen molar-refractivity contribution in [1.29, 1.82) is 0 Å². The summed E-state index contributed by atoms with van der Waals surface area (Å²) in [7, 11) is 3.64. The molecule has 96 valence electrons. The molecule has 0 saturated carbocycles. The third kappa shape index (κ3) is 2.38. The van der Waals surface area contributed by atoms with Crippen LogP contribution in [-0.4, -0.2) is 23.9 Å². The number of nitrogens with one attached hydrogen (secondary N) is 1. The van der Waals surface area contributed by atoms with E-state index >= 15 is 0 Å². The third-order valence-corrected chi connectivity index (χ3v) is 3.05. The molecule has 0 radical (unpaired) electrons. The van der Waals surface area contributed by atoms with E-state index in [1.807, 2.05) is 36.1 Å². The van der Waals surface area contributed by atoms with Gasteiger partial charge in [-0.15, -0.1) is 0 Å². The maximum atomic E-state index is 5.42. The highest BCUT2D eigenvalue weighted by atomic mass is 16.5. The maximum Gasteiger partial charge on any atom is 0.123 e. The van der Waals surface area contributed by atoms with E-state index < -0.39 is 0 Å². The van der Waals surface area contributed by atoms with Crippen molar-refractivity contribution >= 4 is 0 Å². The molecule has 0 fully saturated rings. The lowest BCUT2D eigenvalue weighted by Gasteiger charge is -2.17. The van der Waals surface area contributed by atoms with Crippen LogP contribution < -0.4 is 10.1 Å². The van der Waals surface area contributed by atoms with Crippen molar-refractivity contribution in [2.75, 3.05) is 14.2 Å². The zero-order valence-corrected chi connectivity index (χ0v) is 11.1. The Balaban J connectivity index is 2.38. The summed E-state index contributed by atoms with van der Waals surface area (Å²) in [6.45, 7) is 2.95. The summed E-state index contributed by atoms with van der Waals surface area (Å²) < 4.78 is 7.34. The van der Waals surface area contributed by atoms with Crippen LogP contribution in [0.2, 0.25) is 0 Å². The van der Waals surface area contributed by atoms with Crippen LogP contribution >= 0.6 is 0 Å². The number of hydrogen-bond acceptors (Lipinski definition) is 3. The summed E-state index contributed by atoms with van der Waals surface area (Å²) in [6, 6.07) is 8.14. The van der Waals surface area contributed by atoms with Crippen molar-refractivity contribution < 1.29 is 4.74 Å². The van der Waals surface area contributed by atoms with Crippen LogP contribution in [0.3, 0.4) is 0 Å². The lowest BCUT2D eigenvalue weighted by atomic mass is 10.0. The highest BCUT2D eigenvalue weighted by molar-refractivity contribution is 5.40. The molecule has 2 aromatic rings. The van der Waals surface area contributed by atoms with Gasteiger partial charge in [0.2, 0.25) is 0 Å². The number of hydrogen-bond donors (Lipinski definition) is 1. The molecule has 0 spiro atoms. The van der Waals surface area contributed by atoms with E-state index in [9.17, 15) is 0 Å². The van der Waals surface area contributed by atoms with E-state index in [0.29, 0.717) is 0 Å². The van der Waals surface area contributed by atoms with Crippen molar-refractivity contribution in [3.8, 4) is 5.75 Å². The van der Waals surface area contributed by atoms with E-state index in [1.165, 1.54) is 0 Å². The zero-order valence-electron chi connectivity index (χ0n) is 11.1. The Bertz CT molecular complexity index is 507. The second-order valence-corrected chi connectivity index (χ2v) is 4.09. The fraction of sp³-hybridized carbons (Fsp3) is 0.357. The third-order valence-electron chi connectivity index (χ3n) is 3.05. The minimum atomic E-state index is 0.0986. The monoisotopic (exact) mass is 245 g/mol. The largest absolute Gasteiger partial charge is 0.496 e. The molecule has 0 aliphatic rings. The number of nitrogens with zero attached hydrogens (tertiary/aromatic N) is 2. The number of para-hydroxylation sites is 1. The van der Waals surface area contributed by atoms with Gasteiger partial charge < -0.3 is 10.1 Å².